The summed E-state index contributed by atoms with van der Waals surface area (Å²) in [7, 11) is -3.25. The molecular weight excluding hydrogens is 267 g/mol. The molecule has 0 amide bonds. The van der Waals surface area contributed by atoms with Gasteiger partial charge in [0.25, 0.3) is 0 Å². The van der Waals surface area contributed by atoms with E-state index < -0.39 is 10.0 Å². The average Bonchev–Trinajstić information content (AvgIpc) is 2.35. The maximum absolute atomic E-state index is 12.9. The van der Waals surface area contributed by atoms with Crippen molar-refractivity contribution in [1.29, 1.82) is 0 Å². The number of sulfonamides is 1. The summed E-state index contributed by atoms with van der Waals surface area (Å²) < 4.78 is 38.7. The van der Waals surface area contributed by atoms with Gasteiger partial charge in [-0.2, -0.15) is 0 Å². The van der Waals surface area contributed by atoms with Gasteiger partial charge in [0.15, 0.2) is 0 Å². The van der Waals surface area contributed by atoms with Crippen LogP contribution in [-0.2, 0) is 16.4 Å². The highest BCUT2D eigenvalue weighted by atomic mass is 32.2. The molecule has 0 atom stereocenters. The van der Waals surface area contributed by atoms with E-state index >= 15 is 0 Å². The zero-order chi connectivity index (χ0) is 14.1. The van der Waals surface area contributed by atoms with Gasteiger partial charge in [-0.1, -0.05) is 19.1 Å². The zero-order valence-electron chi connectivity index (χ0n) is 11.2. The molecule has 19 heavy (non-hydrogen) atoms. The summed E-state index contributed by atoms with van der Waals surface area (Å²) in [5.41, 5.74) is 0.784. The minimum absolute atomic E-state index is 0.0656. The first-order valence-electron chi connectivity index (χ1n) is 6.46. The first-order chi connectivity index (χ1) is 9.03. The van der Waals surface area contributed by atoms with E-state index in [1.165, 1.54) is 12.1 Å². The molecule has 0 saturated heterocycles. The van der Waals surface area contributed by atoms with Crippen LogP contribution in [0.2, 0.25) is 0 Å². The molecule has 0 aromatic heterocycles. The fourth-order valence-electron chi connectivity index (χ4n) is 1.62. The second-order valence-corrected chi connectivity index (χ2v) is 6.27. The van der Waals surface area contributed by atoms with Gasteiger partial charge in [-0.05, 0) is 37.1 Å². The van der Waals surface area contributed by atoms with Gasteiger partial charge in [-0.15, -0.1) is 0 Å². The average molecular weight is 288 g/mol. The monoisotopic (exact) mass is 288 g/mol. The normalized spacial score (nSPS) is 11.7. The molecule has 1 aromatic rings. The SMILES string of the molecule is CCCNCCS(=O)(=O)NCCc1cccc(F)c1. The van der Waals surface area contributed by atoms with Crippen molar-refractivity contribution in [2.75, 3.05) is 25.4 Å². The number of nitrogens with one attached hydrogen (secondary N) is 2. The van der Waals surface area contributed by atoms with E-state index in [9.17, 15) is 12.8 Å². The third kappa shape index (κ3) is 7.25. The molecule has 0 radical (unpaired) electrons. The Bertz CT molecular complexity index is 477. The molecule has 4 nitrogen and oxygen atoms in total. The summed E-state index contributed by atoms with van der Waals surface area (Å²) in [4.78, 5) is 0. The number of hydrogen-bond donors (Lipinski definition) is 2. The van der Waals surface area contributed by atoms with Crippen LogP contribution in [0, 0.1) is 5.82 Å². The van der Waals surface area contributed by atoms with Crippen molar-refractivity contribution in [2.45, 2.75) is 19.8 Å². The lowest BCUT2D eigenvalue weighted by atomic mass is 10.1. The van der Waals surface area contributed by atoms with Crippen molar-refractivity contribution >= 4 is 10.0 Å². The standard InChI is InChI=1S/C13H21FN2O2S/c1-2-7-15-9-10-19(17,18)16-8-6-12-4-3-5-13(14)11-12/h3-5,11,15-16H,2,6-10H2,1H3. The highest BCUT2D eigenvalue weighted by Gasteiger charge is 2.08. The summed E-state index contributed by atoms with van der Waals surface area (Å²) >= 11 is 0. The maximum Gasteiger partial charge on any atom is 0.212 e. The number of rotatable bonds is 9. The van der Waals surface area contributed by atoms with E-state index in [2.05, 4.69) is 10.0 Å². The van der Waals surface area contributed by atoms with Gasteiger partial charge in [-0.25, -0.2) is 17.5 Å². The Morgan fingerprint density at radius 1 is 1.21 bits per heavy atom. The third-order valence-electron chi connectivity index (χ3n) is 2.60. The van der Waals surface area contributed by atoms with E-state index in [-0.39, 0.29) is 11.6 Å². The van der Waals surface area contributed by atoms with Gasteiger partial charge >= 0.3 is 0 Å². The van der Waals surface area contributed by atoms with E-state index in [4.69, 9.17) is 0 Å². The first-order valence-corrected chi connectivity index (χ1v) is 8.11. The molecule has 2 N–H and O–H groups in total. The topological polar surface area (TPSA) is 58.2 Å². The lowest BCUT2D eigenvalue weighted by Gasteiger charge is -2.07. The van der Waals surface area contributed by atoms with Crippen molar-refractivity contribution in [3.05, 3.63) is 35.6 Å². The molecule has 1 aromatic carbocycles. The Morgan fingerprint density at radius 2 is 2.00 bits per heavy atom. The van der Waals surface area contributed by atoms with Crippen molar-refractivity contribution in [1.82, 2.24) is 10.0 Å². The van der Waals surface area contributed by atoms with Crippen LogP contribution in [0.3, 0.4) is 0 Å². The Hall–Kier alpha value is -0.980. The van der Waals surface area contributed by atoms with Crippen LogP contribution in [0.1, 0.15) is 18.9 Å². The molecule has 0 unspecified atom stereocenters. The van der Waals surface area contributed by atoms with E-state index in [1.54, 1.807) is 12.1 Å². The molecule has 0 aliphatic rings. The van der Waals surface area contributed by atoms with Gasteiger partial charge in [0.2, 0.25) is 10.0 Å². The molecule has 0 spiro atoms. The van der Waals surface area contributed by atoms with E-state index in [0.717, 1.165) is 18.5 Å². The van der Waals surface area contributed by atoms with Crippen LogP contribution in [0.25, 0.3) is 0 Å². The van der Waals surface area contributed by atoms with Gasteiger partial charge in [0, 0.05) is 13.1 Å². The second-order valence-electron chi connectivity index (χ2n) is 4.34. The molecule has 0 saturated carbocycles. The molecule has 1 rings (SSSR count). The van der Waals surface area contributed by atoms with Crippen LogP contribution in [-0.4, -0.2) is 33.8 Å². The quantitative estimate of drug-likeness (QED) is 0.673. The first kappa shape index (κ1) is 16.1. The summed E-state index contributed by atoms with van der Waals surface area (Å²) in [6.45, 7) is 3.58. The lowest BCUT2D eigenvalue weighted by molar-refractivity contribution is 0.576. The smallest absolute Gasteiger partial charge is 0.212 e. The molecule has 0 fully saturated rings. The Balaban J connectivity index is 2.27. The molecule has 0 aliphatic heterocycles. The van der Waals surface area contributed by atoms with Crippen molar-refractivity contribution in [3.8, 4) is 0 Å². The summed E-state index contributed by atoms with van der Waals surface area (Å²) in [6.07, 6.45) is 1.46. The molecule has 0 aliphatic carbocycles. The lowest BCUT2D eigenvalue weighted by Crippen LogP contribution is -2.33. The van der Waals surface area contributed by atoms with Gasteiger partial charge in [0.1, 0.15) is 5.82 Å². The predicted molar refractivity (Wildman–Crippen MR) is 75.1 cm³/mol. The highest BCUT2D eigenvalue weighted by molar-refractivity contribution is 7.89. The Labute approximate surface area is 114 Å². The molecule has 108 valence electrons. The number of benzene rings is 1. The zero-order valence-corrected chi connectivity index (χ0v) is 12.0. The van der Waals surface area contributed by atoms with Crippen LogP contribution in [0.5, 0.6) is 0 Å². The van der Waals surface area contributed by atoms with Crippen LogP contribution >= 0.6 is 0 Å². The van der Waals surface area contributed by atoms with Crippen molar-refractivity contribution < 1.29 is 12.8 Å². The summed E-state index contributed by atoms with van der Waals surface area (Å²) in [6, 6.07) is 6.18. The van der Waals surface area contributed by atoms with Crippen LogP contribution in [0.4, 0.5) is 4.39 Å². The highest BCUT2D eigenvalue weighted by Crippen LogP contribution is 2.03. The van der Waals surface area contributed by atoms with Gasteiger partial charge in [-0.3, -0.25) is 0 Å². The fraction of sp³-hybridized carbons (Fsp3) is 0.538. The molecular formula is C13H21FN2O2S. The maximum atomic E-state index is 12.9. The minimum atomic E-state index is -3.25. The van der Waals surface area contributed by atoms with Crippen molar-refractivity contribution in [3.63, 3.8) is 0 Å². The van der Waals surface area contributed by atoms with E-state index in [1.807, 2.05) is 6.92 Å². The van der Waals surface area contributed by atoms with Crippen LogP contribution < -0.4 is 10.0 Å². The summed E-state index contributed by atoms with van der Waals surface area (Å²) in [5.74, 6) is -0.236. The minimum Gasteiger partial charge on any atom is -0.316 e. The van der Waals surface area contributed by atoms with Gasteiger partial charge in [0.05, 0.1) is 5.75 Å². The Morgan fingerprint density at radius 3 is 2.68 bits per heavy atom. The third-order valence-corrected chi connectivity index (χ3v) is 3.98. The van der Waals surface area contributed by atoms with Crippen LogP contribution in [0.15, 0.2) is 24.3 Å². The largest absolute Gasteiger partial charge is 0.316 e. The summed E-state index contributed by atoms with van der Waals surface area (Å²) in [5, 5.41) is 3.04. The molecule has 0 heterocycles. The number of hydrogen-bond acceptors (Lipinski definition) is 3. The van der Waals surface area contributed by atoms with E-state index in [0.29, 0.717) is 19.5 Å². The Kier molecular flexibility index (Phi) is 6.97. The van der Waals surface area contributed by atoms with Crippen molar-refractivity contribution in [2.24, 2.45) is 0 Å². The molecule has 0 bridgehead atoms. The molecule has 6 heteroatoms. The second kappa shape index (κ2) is 8.24. The fourth-order valence-corrected chi connectivity index (χ4v) is 2.59. The van der Waals surface area contributed by atoms with Gasteiger partial charge < -0.3 is 5.32 Å². The number of halogens is 1. The predicted octanol–water partition coefficient (Wildman–Crippen LogP) is 1.29.